The fourth-order valence-electron chi connectivity index (χ4n) is 2.78. The van der Waals surface area contributed by atoms with Crippen molar-refractivity contribution < 1.29 is 18.9 Å². The molecule has 0 saturated heterocycles. The third-order valence-electron chi connectivity index (χ3n) is 4.25. The van der Waals surface area contributed by atoms with E-state index in [0.29, 0.717) is 34.3 Å². The van der Waals surface area contributed by atoms with Crippen LogP contribution in [0.4, 0.5) is 0 Å². The highest BCUT2D eigenvalue weighted by Gasteiger charge is 2.13. The molecule has 0 spiro atoms. The number of aromatic nitrogens is 3. The Morgan fingerprint density at radius 3 is 2.21 bits per heavy atom. The standard InChI is InChI=1S/C20H22N4O4S/c1-25-15-7-5-13(6-8-15)11-18-22-23-20(29)24(18)21-12-14-9-16(26-2)19(28-4)17(10-14)27-3/h5-10,12H,11H2,1-4H3,(H,23,29)/b21-12-. The van der Waals surface area contributed by atoms with Gasteiger partial charge in [0.2, 0.25) is 10.5 Å². The molecule has 3 aromatic rings. The van der Waals surface area contributed by atoms with Gasteiger partial charge < -0.3 is 18.9 Å². The predicted octanol–water partition coefficient (Wildman–Crippen LogP) is 3.45. The van der Waals surface area contributed by atoms with E-state index in [1.807, 2.05) is 24.3 Å². The summed E-state index contributed by atoms with van der Waals surface area (Å²) in [6.07, 6.45) is 2.22. The summed E-state index contributed by atoms with van der Waals surface area (Å²) in [5.74, 6) is 3.09. The summed E-state index contributed by atoms with van der Waals surface area (Å²) in [6.45, 7) is 0. The number of methoxy groups -OCH3 is 4. The highest BCUT2D eigenvalue weighted by Crippen LogP contribution is 2.37. The summed E-state index contributed by atoms with van der Waals surface area (Å²) in [4.78, 5) is 0. The van der Waals surface area contributed by atoms with Crippen molar-refractivity contribution in [2.45, 2.75) is 6.42 Å². The summed E-state index contributed by atoms with van der Waals surface area (Å²) in [5, 5.41) is 11.6. The van der Waals surface area contributed by atoms with Crippen LogP contribution in [0.2, 0.25) is 0 Å². The normalized spacial score (nSPS) is 10.9. The van der Waals surface area contributed by atoms with E-state index in [9.17, 15) is 0 Å². The van der Waals surface area contributed by atoms with Crippen LogP contribution < -0.4 is 18.9 Å². The first-order chi connectivity index (χ1) is 14.1. The van der Waals surface area contributed by atoms with Crippen LogP contribution in [0.3, 0.4) is 0 Å². The van der Waals surface area contributed by atoms with Gasteiger partial charge in [-0.3, -0.25) is 5.10 Å². The van der Waals surface area contributed by atoms with Crippen molar-refractivity contribution in [1.82, 2.24) is 14.9 Å². The van der Waals surface area contributed by atoms with Gasteiger partial charge in [-0.1, -0.05) is 12.1 Å². The summed E-state index contributed by atoms with van der Waals surface area (Å²) in [6, 6.07) is 11.4. The number of aromatic amines is 1. The average Bonchev–Trinajstić information content (AvgIpc) is 3.10. The van der Waals surface area contributed by atoms with E-state index < -0.39 is 0 Å². The molecule has 9 heteroatoms. The Morgan fingerprint density at radius 2 is 1.66 bits per heavy atom. The van der Waals surface area contributed by atoms with Crippen LogP contribution in [-0.4, -0.2) is 49.5 Å². The van der Waals surface area contributed by atoms with Crippen LogP contribution in [0, 0.1) is 4.77 Å². The number of nitrogens with zero attached hydrogens (tertiary/aromatic N) is 3. The Bertz CT molecular complexity index is 1030. The lowest BCUT2D eigenvalue weighted by atomic mass is 10.1. The lowest BCUT2D eigenvalue weighted by molar-refractivity contribution is 0.324. The molecule has 0 aliphatic carbocycles. The Labute approximate surface area is 173 Å². The van der Waals surface area contributed by atoms with Crippen LogP contribution in [0.25, 0.3) is 0 Å². The monoisotopic (exact) mass is 414 g/mol. The number of benzene rings is 2. The number of nitrogens with one attached hydrogen (secondary N) is 1. The van der Waals surface area contributed by atoms with E-state index in [0.717, 1.165) is 16.9 Å². The first kappa shape index (κ1) is 20.4. The molecule has 29 heavy (non-hydrogen) atoms. The molecule has 0 atom stereocenters. The minimum atomic E-state index is 0.400. The Kier molecular flexibility index (Phi) is 6.50. The third kappa shape index (κ3) is 4.57. The van der Waals surface area contributed by atoms with Gasteiger partial charge in [-0.15, -0.1) is 0 Å². The zero-order chi connectivity index (χ0) is 20.8. The molecule has 2 aromatic carbocycles. The predicted molar refractivity (Wildman–Crippen MR) is 112 cm³/mol. The molecule has 0 amide bonds. The van der Waals surface area contributed by atoms with Gasteiger partial charge >= 0.3 is 0 Å². The molecule has 0 radical (unpaired) electrons. The van der Waals surface area contributed by atoms with Gasteiger partial charge in [-0.25, -0.2) is 0 Å². The first-order valence-corrected chi connectivity index (χ1v) is 9.14. The largest absolute Gasteiger partial charge is 0.497 e. The molecule has 0 aliphatic rings. The van der Waals surface area contributed by atoms with Gasteiger partial charge in [0, 0.05) is 12.0 Å². The van der Waals surface area contributed by atoms with Gasteiger partial charge in [0.15, 0.2) is 17.3 Å². The van der Waals surface area contributed by atoms with E-state index in [1.54, 1.807) is 51.5 Å². The number of rotatable bonds is 8. The summed E-state index contributed by atoms with van der Waals surface area (Å²) >= 11 is 5.32. The van der Waals surface area contributed by atoms with Crippen LogP contribution in [-0.2, 0) is 6.42 Å². The van der Waals surface area contributed by atoms with E-state index in [4.69, 9.17) is 31.2 Å². The maximum absolute atomic E-state index is 5.38. The van der Waals surface area contributed by atoms with E-state index >= 15 is 0 Å². The smallest absolute Gasteiger partial charge is 0.216 e. The Balaban J connectivity index is 1.89. The van der Waals surface area contributed by atoms with Crippen molar-refractivity contribution in [3.63, 3.8) is 0 Å². The SMILES string of the molecule is COc1ccc(Cc2n[nH]c(=S)n2/N=C\c2cc(OC)c(OC)c(OC)c2)cc1. The molecule has 1 heterocycles. The van der Waals surface area contributed by atoms with E-state index in [2.05, 4.69) is 15.3 Å². The second-order valence-electron chi connectivity index (χ2n) is 5.98. The topological polar surface area (TPSA) is 82.9 Å². The van der Waals surface area contributed by atoms with Crippen molar-refractivity contribution in [2.75, 3.05) is 28.4 Å². The van der Waals surface area contributed by atoms with E-state index in [-0.39, 0.29) is 0 Å². The minimum Gasteiger partial charge on any atom is -0.497 e. The number of H-pyrrole nitrogens is 1. The van der Waals surface area contributed by atoms with Crippen LogP contribution in [0.5, 0.6) is 23.0 Å². The fourth-order valence-corrected chi connectivity index (χ4v) is 2.98. The van der Waals surface area contributed by atoms with Crippen molar-refractivity contribution in [2.24, 2.45) is 5.10 Å². The zero-order valence-corrected chi connectivity index (χ0v) is 17.4. The van der Waals surface area contributed by atoms with Gasteiger partial charge in [0.1, 0.15) is 5.75 Å². The highest BCUT2D eigenvalue weighted by molar-refractivity contribution is 7.71. The maximum atomic E-state index is 5.38. The van der Waals surface area contributed by atoms with Gasteiger partial charge in [-0.2, -0.15) is 14.9 Å². The average molecular weight is 414 g/mol. The number of hydrogen-bond acceptors (Lipinski definition) is 7. The molecule has 0 bridgehead atoms. The zero-order valence-electron chi connectivity index (χ0n) is 16.6. The van der Waals surface area contributed by atoms with E-state index in [1.165, 1.54) is 0 Å². The van der Waals surface area contributed by atoms with Crippen LogP contribution >= 0.6 is 12.2 Å². The van der Waals surface area contributed by atoms with Gasteiger partial charge in [0.25, 0.3) is 0 Å². The number of hydrogen-bond donors (Lipinski definition) is 1. The molecule has 1 aromatic heterocycles. The van der Waals surface area contributed by atoms with Crippen molar-refractivity contribution in [1.29, 1.82) is 0 Å². The molecule has 0 fully saturated rings. The quantitative estimate of drug-likeness (QED) is 0.449. The van der Waals surface area contributed by atoms with Crippen LogP contribution in [0.15, 0.2) is 41.5 Å². The molecule has 3 rings (SSSR count). The van der Waals surface area contributed by atoms with Crippen LogP contribution in [0.1, 0.15) is 17.0 Å². The van der Waals surface area contributed by atoms with Crippen molar-refractivity contribution in [3.05, 3.63) is 58.1 Å². The highest BCUT2D eigenvalue weighted by atomic mass is 32.1. The lowest BCUT2D eigenvalue weighted by Gasteiger charge is -2.12. The van der Waals surface area contributed by atoms with Crippen molar-refractivity contribution >= 4 is 18.4 Å². The third-order valence-corrected chi connectivity index (χ3v) is 4.51. The summed E-state index contributed by atoms with van der Waals surface area (Å²) < 4.78 is 23.3. The summed E-state index contributed by atoms with van der Waals surface area (Å²) in [5.41, 5.74) is 1.82. The fraction of sp³-hybridized carbons (Fsp3) is 0.250. The lowest BCUT2D eigenvalue weighted by Crippen LogP contribution is -2.01. The molecule has 152 valence electrons. The van der Waals surface area contributed by atoms with Gasteiger partial charge in [-0.05, 0) is 42.0 Å². The summed E-state index contributed by atoms with van der Waals surface area (Å²) in [7, 11) is 6.33. The van der Waals surface area contributed by atoms with Gasteiger partial charge in [0.05, 0.1) is 34.7 Å². The molecule has 0 saturated carbocycles. The molecular formula is C20H22N4O4S. The molecule has 0 aliphatic heterocycles. The number of ether oxygens (including phenoxy) is 4. The molecule has 8 nitrogen and oxygen atoms in total. The Morgan fingerprint density at radius 1 is 1.00 bits per heavy atom. The van der Waals surface area contributed by atoms with Crippen molar-refractivity contribution in [3.8, 4) is 23.0 Å². The molecule has 1 N–H and O–H groups in total. The molecule has 0 unspecified atom stereocenters. The maximum Gasteiger partial charge on any atom is 0.216 e. The minimum absolute atomic E-state index is 0.400. The second kappa shape index (κ2) is 9.24. The molecular weight excluding hydrogens is 392 g/mol. The second-order valence-corrected chi connectivity index (χ2v) is 6.37. The first-order valence-electron chi connectivity index (χ1n) is 8.73. The Hall–Kier alpha value is -3.33.